The van der Waals surface area contributed by atoms with Crippen molar-refractivity contribution in [1.29, 1.82) is 0 Å². The van der Waals surface area contributed by atoms with Gasteiger partial charge in [0.15, 0.2) is 0 Å². The summed E-state index contributed by atoms with van der Waals surface area (Å²) in [5.41, 5.74) is 4.97. The predicted molar refractivity (Wildman–Crippen MR) is 201 cm³/mol. The van der Waals surface area contributed by atoms with Gasteiger partial charge in [0.2, 0.25) is 0 Å². The first-order valence-electron chi connectivity index (χ1n) is 17.5. The second kappa shape index (κ2) is 18.2. The first-order valence-corrected chi connectivity index (χ1v) is 17.5. The summed E-state index contributed by atoms with van der Waals surface area (Å²) in [5.74, 6) is 0.796. The molecule has 6 heteroatoms. The van der Waals surface area contributed by atoms with Crippen molar-refractivity contribution in [2.24, 2.45) is 0 Å². The molecular formula is C44H50N2O4. The number of carbonyl (C=O) groups is 1. The van der Waals surface area contributed by atoms with E-state index in [4.69, 9.17) is 9.47 Å². The zero-order valence-corrected chi connectivity index (χ0v) is 29.5. The van der Waals surface area contributed by atoms with Crippen LogP contribution in [0, 0.1) is 0 Å². The molecule has 260 valence electrons. The number of hydrogen-bond donors (Lipinski definition) is 2. The normalized spacial score (nSPS) is 13.3. The Hall–Kier alpha value is -4.91. The van der Waals surface area contributed by atoms with Gasteiger partial charge in [0, 0.05) is 25.2 Å². The molecule has 0 aliphatic rings. The lowest BCUT2D eigenvalue weighted by molar-refractivity contribution is 0.0234. The van der Waals surface area contributed by atoms with Gasteiger partial charge in [-0.1, -0.05) is 133 Å². The first kappa shape index (κ1) is 36.4. The summed E-state index contributed by atoms with van der Waals surface area (Å²) in [5, 5.41) is 15.4. The molecule has 1 amide bonds. The van der Waals surface area contributed by atoms with Crippen LogP contribution in [0.2, 0.25) is 0 Å². The minimum atomic E-state index is -0.778. The van der Waals surface area contributed by atoms with Crippen molar-refractivity contribution in [3.05, 3.63) is 173 Å². The van der Waals surface area contributed by atoms with E-state index in [1.165, 1.54) is 0 Å². The molecule has 0 unspecified atom stereocenters. The van der Waals surface area contributed by atoms with Gasteiger partial charge in [-0.05, 0) is 80.0 Å². The number of nitrogens with zero attached hydrogens (tertiary/aromatic N) is 1. The Bertz CT molecular complexity index is 1650. The molecule has 0 bridgehead atoms. The summed E-state index contributed by atoms with van der Waals surface area (Å²) < 4.78 is 11.7. The number of alkyl carbamates (subject to hydrolysis) is 1. The van der Waals surface area contributed by atoms with Crippen molar-refractivity contribution >= 4 is 6.09 Å². The maximum absolute atomic E-state index is 13.1. The van der Waals surface area contributed by atoms with E-state index < -0.39 is 17.8 Å². The summed E-state index contributed by atoms with van der Waals surface area (Å²) in [6, 6.07) is 48.5. The SMILES string of the molecule is CC(C)(C)OC(=O)N[C@@H](Cc1ccccc1)C[C@H](O)[C@H](Cc1ccc(OCc2ccccc2)cc1)N(Cc1ccccc1)Cc1ccccc1. The zero-order valence-electron chi connectivity index (χ0n) is 29.5. The molecule has 0 spiro atoms. The third kappa shape index (κ3) is 12.2. The highest BCUT2D eigenvalue weighted by Gasteiger charge is 2.31. The molecule has 0 saturated carbocycles. The van der Waals surface area contributed by atoms with Crippen molar-refractivity contribution < 1.29 is 19.4 Å². The number of aliphatic hydroxyl groups excluding tert-OH is 1. The van der Waals surface area contributed by atoms with Crippen LogP contribution in [-0.4, -0.2) is 39.9 Å². The number of hydrogen-bond acceptors (Lipinski definition) is 5. The van der Waals surface area contributed by atoms with Gasteiger partial charge in [-0.2, -0.15) is 0 Å². The smallest absolute Gasteiger partial charge is 0.407 e. The number of ether oxygens (including phenoxy) is 2. The van der Waals surface area contributed by atoms with Crippen LogP contribution in [0.25, 0.3) is 0 Å². The molecule has 0 aromatic heterocycles. The molecule has 0 saturated heterocycles. The predicted octanol–water partition coefficient (Wildman–Crippen LogP) is 8.77. The van der Waals surface area contributed by atoms with E-state index in [0.29, 0.717) is 39.0 Å². The topological polar surface area (TPSA) is 71.0 Å². The minimum absolute atomic E-state index is 0.273. The molecule has 0 radical (unpaired) electrons. The van der Waals surface area contributed by atoms with Gasteiger partial charge in [-0.25, -0.2) is 4.79 Å². The second-order valence-corrected chi connectivity index (χ2v) is 13.9. The minimum Gasteiger partial charge on any atom is -0.489 e. The van der Waals surface area contributed by atoms with Crippen LogP contribution >= 0.6 is 0 Å². The molecule has 5 aromatic rings. The third-order valence-electron chi connectivity index (χ3n) is 8.56. The fourth-order valence-corrected chi connectivity index (χ4v) is 6.15. The Morgan fingerprint density at radius 3 is 1.60 bits per heavy atom. The molecule has 0 fully saturated rings. The van der Waals surface area contributed by atoms with Crippen molar-refractivity contribution in [2.45, 2.75) is 83.5 Å². The Morgan fingerprint density at radius 2 is 1.10 bits per heavy atom. The van der Waals surface area contributed by atoms with E-state index >= 15 is 0 Å². The van der Waals surface area contributed by atoms with E-state index in [-0.39, 0.29) is 12.1 Å². The average Bonchev–Trinajstić information content (AvgIpc) is 3.11. The number of amides is 1. The van der Waals surface area contributed by atoms with E-state index in [2.05, 4.69) is 83.0 Å². The third-order valence-corrected chi connectivity index (χ3v) is 8.56. The summed E-state index contributed by atoms with van der Waals surface area (Å²) in [6.07, 6.45) is 0.245. The Kier molecular flexibility index (Phi) is 13.2. The molecule has 0 aliphatic heterocycles. The molecule has 3 atom stereocenters. The number of benzene rings is 5. The fourth-order valence-electron chi connectivity index (χ4n) is 6.15. The van der Waals surface area contributed by atoms with Gasteiger partial charge in [-0.15, -0.1) is 0 Å². The van der Waals surface area contributed by atoms with Crippen LogP contribution in [0.3, 0.4) is 0 Å². The lowest BCUT2D eigenvalue weighted by Crippen LogP contribution is -2.49. The van der Waals surface area contributed by atoms with Gasteiger partial charge in [0.05, 0.1) is 6.10 Å². The van der Waals surface area contributed by atoms with Gasteiger partial charge in [0.1, 0.15) is 18.0 Å². The van der Waals surface area contributed by atoms with E-state index in [1.807, 2.05) is 93.6 Å². The summed E-state index contributed by atoms with van der Waals surface area (Å²) in [6.45, 7) is 7.36. The van der Waals surface area contributed by atoms with Gasteiger partial charge >= 0.3 is 6.09 Å². The summed E-state index contributed by atoms with van der Waals surface area (Å²) in [7, 11) is 0. The van der Waals surface area contributed by atoms with Gasteiger partial charge in [0.25, 0.3) is 0 Å². The highest BCUT2D eigenvalue weighted by atomic mass is 16.6. The van der Waals surface area contributed by atoms with Crippen LogP contribution < -0.4 is 10.1 Å². The number of rotatable bonds is 16. The quantitative estimate of drug-likeness (QED) is 0.110. The fraction of sp³-hybridized carbons (Fsp3) is 0.295. The lowest BCUT2D eigenvalue weighted by Gasteiger charge is -2.37. The molecule has 5 aromatic carbocycles. The Balaban J connectivity index is 1.42. The largest absolute Gasteiger partial charge is 0.489 e. The number of nitrogens with one attached hydrogen (secondary N) is 1. The Labute approximate surface area is 297 Å². The van der Waals surface area contributed by atoms with Crippen molar-refractivity contribution in [3.8, 4) is 5.75 Å². The van der Waals surface area contributed by atoms with Crippen LogP contribution in [0.4, 0.5) is 4.79 Å². The average molecular weight is 671 g/mol. The van der Waals surface area contributed by atoms with Crippen LogP contribution in [0.15, 0.2) is 146 Å². The summed E-state index contributed by atoms with van der Waals surface area (Å²) >= 11 is 0. The van der Waals surface area contributed by atoms with Crippen molar-refractivity contribution in [3.63, 3.8) is 0 Å². The van der Waals surface area contributed by atoms with Crippen molar-refractivity contribution in [2.75, 3.05) is 0 Å². The monoisotopic (exact) mass is 670 g/mol. The lowest BCUT2D eigenvalue weighted by atomic mass is 9.92. The van der Waals surface area contributed by atoms with Crippen LogP contribution in [0.5, 0.6) is 5.75 Å². The number of carbonyl (C=O) groups excluding carboxylic acids is 1. The van der Waals surface area contributed by atoms with Crippen molar-refractivity contribution in [1.82, 2.24) is 10.2 Å². The van der Waals surface area contributed by atoms with Crippen LogP contribution in [-0.2, 0) is 37.3 Å². The molecule has 2 N–H and O–H groups in total. The van der Waals surface area contributed by atoms with E-state index in [1.54, 1.807) is 0 Å². The van der Waals surface area contributed by atoms with Gasteiger partial charge in [-0.3, -0.25) is 4.90 Å². The highest BCUT2D eigenvalue weighted by molar-refractivity contribution is 5.68. The van der Waals surface area contributed by atoms with Crippen LogP contribution in [0.1, 0.15) is 55.0 Å². The second-order valence-electron chi connectivity index (χ2n) is 13.9. The maximum atomic E-state index is 13.1. The molecular weight excluding hydrogens is 620 g/mol. The molecule has 50 heavy (non-hydrogen) atoms. The molecule has 6 nitrogen and oxygen atoms in total. The molecule has 0 aliphatic carbocycles. The maximum Gasteiger partial charge on any atom is 0.407 e. The molecule has 5 rings (SSSR count). The van der Waals surface area contributed by atoms with E-state index in [0.717, 1.165) is 33.6 Å². The zero-order chi connectivity index (χ0) is 35.2. The highest BCUT2D eigenvalue weighted by Crippen LogP contribution is 2.24. The number of aliphatic hydroxyl groups is 1. The van der Waals surface area contributed by atoms with Gasteiger partial charge < -0.3 is 19.9 Å². The van der Waals surface area contributed by atoms with E-state index in [9.17, 15) is 9.90 Å². The standard InChI is InChI=1S/C44H50N2O4/c1-44(2,3)50-43(48)45-39(28-34-16-8-4-9-17-34)30-42(47)41(29-35-24-26-40(27-25-35)49-33-38-22-14-7-15-23-38)46(31-36-18-10-5-11-19-36)32-37-20-12-6-13-21-37/h4-27,39,41-42,47H,28-33H2,1-3H3,(H,45,48)/t39-,41-,42-/m0/s1. The molecule has 0 heterocycles. The summed E-state index contributed by atoms with van der Waals surface area (Å²) in [4.78, 5) is 15.4. The Morgan fingerprint density at radius 1 is 0.640 bits per heavy atom. The first-order chi connectivity index (χ1) is 24.2.